The molecular weight excluding hydrogens is 308 g/mol. The van der Waals surface area contributed by atoms with Crippen molar-refractivity contribution < 1.29 is 13.2 Å². The van der Waals surface area contributed by atoms with E-state index >= 15 is 0 Å². The maximum absolute atomic E-state index is 12.2. The van der Waals surface area contributed by atoms with Gasteiger partial charge in [-0.25, -0.2) is 8.42 Å². The molecule has 0 amide bonds. The summed E-state index contributed by atoms with van der Waals surface area (Å²) in [5.74, 6) is -1.04. The molecule has 0 bridgehead atoms. The second-order valence-corrected chi connectivity index (χ2v) is 7.39. The van der Waals surface area contributed by atoms with Gasteiger partial charge in [-0.05, 0) is 42.3 Å². The van der Waals surface area contributed by atoms with Crippen molar-refractivity contribution in [3.63, 3.8) is 0 Å². The van der Waals surface area contributed by atoms with Crippen LogP contribution in [0.25, 0.3) is 0 Å². The topological polar surface area (TPSA) is 51.2 Å². The Morgan fingerprint density at radius 2 is 1.67 bits per heavy atom. The number of carbonyl (C=O) groups excluding carboxylic acids is 1. The minimum absolute atomic E-state index is 0.126. The fourth-order valence-corrected chi connectivity index (χ4v) is 3.57. The smallest absolute Gasteiger partial charge is 0.177 e. The van der Waals surface area contributed by atoms with Crippen LogP contribution in [0.5, 0.6) is 0 Å². The number of rotatable bonds is 5. The highest BCUT2D eigenvalue weighted by atomic mass is 35.5. The average Bonchev–Trinajstić information content (AvgIpc) is 2.41. The molecule has 0 atom stereocenters. The molecule has 110 valence electrons. The average molecular weight is 323 g/mol. The lowest BCUT2D eigenvalue weighted by molar-refractivity contribution is 0.102. The monoisotopic (exact) mass is 322 g/mol. The predicted octanol–water partition coefficient (Wildman–Crippen LogP) is 3.45. The van der Waals surface area contributed by atoms with Crippen LogP contribution in [-0.2, 0) is 15.6 Å². The minimum Gasteiger partial charge on any atom is -0.293 e. The van der Waals surface area contributed by atoms with Crippen LogP contribution < -0.4 is 0 Å². The van der Waals surface area contributed by atoms with Crippen molar-refractivity contribution in [2.75, 3.05) is 5.75 Å². The minimum atomic E-state index is -3.50. The van der Waals surface area contributed by atoms with Crippen LogP contribution in [0.1, 0.15) is 21.5 Å². The molecule has 0 saturated carbocycles. The van der Waals surface area contributed by atoms with Gasteiger partial charge < -0.3 is 0 Å². The zero-order valence-electron chi connectivity index (χ0n) is 11.5. The van der Waals surface area contributed by atoms with E-state index < -0.39 is 21.4 Å². The Hall–Kier alpha value is -1.65. The van der Waals surface area contributed by atoms with E-state index in [2.05, 4.69) is 0 Å². The summed E-state index contributed by atoms with van der Waals surface area (Å²) in [6.07, 6.45) is 0. The normalized spacial score (nSPS) is 11.3. The van der Waals surface area contributed by atoms with Crippen LogP contribution in [-0.4, -0.2) is 20.0 Å². The number of hydrogen-bond acceptors (Lipinski definition) is 3. The first-order valence-corrected chi connectivity index (χ1v) is 8.61. The Morgan fingerprint density at radius 1 is 1.05 bits per heavy atom. The number of halogens is 1. The van der Waals surface area contributed by atoms with Crippen molar-refractivity contribution in [1.82, 2.24) is 0 Å². The second kappa shape index (κ2) is 6.41. The van der Waals surface area contributed by atoms with E-state index in [1.165, 1.54) is 12.1 Å². The number of Topliss-reactive ketones (excluding diaryl/α,β-unsaturated/α-hetero) is 1. The molecule has 0 heterocycles. The molecule has 0 aliphatic heterocycles. The Balaban J connectivity index is 2.12. The summed E-state index contributed by atoms with van der Waals surface area (Å²) >= 11 is 5.74. The van der Waals surface area contributed by atoms with Crippen molar-refractivity contribution in [3.8, 4) is 0 Å². The molecule has 0 N–H and O–H groups in total. The Morgan fingerprint density at radius 3 is 2.29 bits per heavy atom. The Bertz CT molecular complexity index is 749. The van der Waals surface area contributed by atoms with E-state index in [-0.39, 0.29) is 5.75 Å². The van der Waals surface area contributed by atoms with Gasteiger partial charge in [0.15, 0.2) is 15.6 Å². The molecule has 0 spiro atoms. The zero-order chi connectivity index (χ0) is 15.5. The van der Waals surface area contributed by atoms with E-state index in [0.29, 0.717) is 10.6 Å². The van der Waals surface area contributed by atoms with Crippen molar-refractivity contribution in [2.24, 2.45) is 0 Å². The van der Waals surface area contributed by atoms with Gasteiger partial charge in [-0.3, -0.25) is 4.79 Å². The molecular formula is C16H15ClO3S. The first-order valence-electron chi connectivity index (χ1n) is 6.41. The quantitative estimate of drug-likeness (QED) is 0.792. The van der Waals surface area contributed by atoms with Gasteiger partial charge >= 0.3 is 0 Å². The fourth-order valence-electron chi connectivity index (χ4n) is 1.98. The lowest BCUT2D eigenvalue weighted by Gasteiger charge is -2.07. The molecule has 0 aromatic heterocycles. The summed E-state index contributed by atoms with van der Waals surface area (Å²) in [6.45, 7) is 1.85. The number of sulfone groups is 1. The molecule has 0 fully saturated rings. The van der Waals surface area contributed by atoms with Crippen molar-refractivity contribution >= 4 is 27.2 Å². The van der Waals surface area contributed by atoms with E-state index in [9.17, 15) is 13.2 Å². The summed E-state index contributed by atoms with van der Waals surface area (Å²) in [4.78, 5) is 12.0. The van der Waals surface area contributed by atoms with E-state index in [0.717, 1.165) is 11.1 Å². The molecule has 0 aliphatic carbocycles. The van der Waals surface area contributed by atoms with Gasteiger partial charge in [0, 0.05) is 10.6 Å². The Labute approximate surface area is 129 Å². The molecule has 2 aromatic carbocycles. The largest absolute Gasteiger partial charge is 0.293 e. The second-order valence-electron chi connectivity index (χ2n) is 4.89. The summed E-state index contributed by atoms with van der Waals surface area (Å²) in [5.41, 5.74) is 1.98. The summed E-state index contributed by atoms with van der Waals surface area (Å²) in [7, 11) is -3.50. The molecule has 21 heavy (non-hydrogen) atoms. The summed E-state index contributed by atoms with van der Waals surface area (Å²) in [6, 6.07) is 13.5. The van der Waals surface area contributed by atoms with Gasteiger partial charge in [-0.2, -0.15) is 0 Å². The highest BCUT2D eigenvalue weighted by molar-refractivity contribution is 7.91. The third-order valence-corrected chi connectivity index (χ3v) is 4.86. The number of hydrogen-bond donors (Lipinski definition) is 0. The highest BCUT2D eigenvalue weighted by Crippen LogP contribution is 2.14. The molecule has 0 radical (unpaired) electrons. The Kier molecular flexibility index (Phi) is 4.80. The number of benzene rings is 2. The van der Waals surface area contributed by atoms with Crippen molar-refractivity contribution in [3.05, 3.63) is 70.2 Å². The van der Waals surface area contributed by atoms with E-state index in [4.69, 9.17) is 11.6 Å². The first kappa shape index (κ1) is 15.7. The molecule has 0 saturated heterocycles. The van der Waals surface area contributed by atoms with Gasteiger partial charge in [0.25, 0.3) is 0 Å². The molecule has 2 aromatic rings. The molecule has 0 unspecified atom stereocenters. The third-order valence-electron chi connectivity index (χ3n) is 3.15. The van der Waals surface area contributed by atoms with Crippen LogP contribution >= 0.6 is 11.6 Å². The summed E-state index contributed by atoms with van der Waals surface area (Å²) < 4.78 is 24.3. The fraction of sp³-hybridized carbons (Fsp3) is 0.188. The van der Waals surface area contributed by atoms with Crippen LogP contribution in [0, 0.1) is 6.92 Å². The van der Waals surface area contributed by atoms with Crippen molar-refractivity contribution in [2.45, 2.75) is 12.7 Å². The molecule has 0 aliphatic rings. The lowest BCUT2D eigenvalue weighted by atomic mass is 10.1. The maximum atomic E-state index is 12.2. The number of aryl methyl sites for hydroxylation is 1. The van der Waals surface area contributed by atoms with Crippen LogP contribution in [0.3, 0.4) is 0 Å². The standard InChI is InChI=1S/C16H15ClO3S/c1-12-4-2-3-5-14(12)10-21(19,20)11-16(18)13-6-8-15(17)9-7-13/h2-9H,10-11H2,1H3. The van der Waals surface area contributed by atoms with Gasteiger partial charge in [0.2, 0.25) is 0 Å². The van der Waals surface area contributed by atoms with Gasteiger partial charge in [0.05, 0.1) is 5.75 Å². The lowest BCUT2D eigenvalue weighted by Crippen LogP contribution is -2.18. The summed E-state index contributed by atoms with van der Waals surface area (Å²) in [5, 5.41) is 0.509. The molecule has 2 rings (SSSR count). The van der Waals surface area contributed by atoms with Crippen LogP contribution in [0.15, 0.2) is 48.5 Å². The number of carbonyl (C=O) groups is 1. The maximum Gasteiger partial charge on any atom is 0.177 e. The van der Waals surface area contributed by atoms with Crippen LogP contribution in [0.2, 0.25) is 5.02 Å². The van der Waals surface area contributed by atoms with Gasteiger partial charge in [-0.15, -0.1) is 0 Å². The highest BCUT2D eigenvalue weighted by Gasteiger charge is 2.19. The zero-order valence-corrected chi connectivity index (χ0v) is 13.1. The first-order chi connectivity index (χ1) is 9.87. The predicted molar refractivity (Wildman–Crippen MR) is 84.5 cm³/mol. The molecule has 5 heteroatoms. The van der Waals surface area contributed by atoms with Crippen molar-refractivity contribution in [1.29, 1.82) is 0 Å². The SMILES string of the molecule is Cc1ccccc1CS(=O)(=O)CC(=O)c1ccc(Cl)cc1. The molecule has 3 nitrogen and oxygen atoms in total. The van der Waals surface area contributed by atoms with Crippen LogP contribution in [0.4, 0.5) is 0 Å². The third kappa shape index (κ3) is 4.41. The van der Waals surface area contributed by atoms with E-state index in [1.807, 2.05) is 19.1 Å². The number of ketones is 1. The van der Waals surface area contributed by atoms with E-state index in [1.54, 1.807) is 24.3 Å². The van der Waals surface area contributed by atoms with Gasteiger partial charge in [-0.1, -0.05) is 35.9 Å². The van der Waals surface area contributed by atoms with Gasteiger partial charge in [0.1, 0.15) is 5.75 Å².